The highest BCUT2D eigenvalue weighted by molar-refractivity contribution is 9.10. The lowest BCUT2D eigenvalue weighted by Crippen LogP contribution is -2.12. The molecule has 1 unspecified atom stereocenters. The third-order valence-corrected chi connectivity index (χ3v) is 4.11. The molecule has 0 aliphatic rings. The van der Waals surface area contributed by atoms with Crippen molar-refractivity contribution >= 4 is 33.2 Å². The van der Waals surface area contributed by atoms with Gasteiger partial charge in [-0.05, 0) is 51.8 Å². The molecule has 5 heteroatoms. The molecule has 3 nitrogen and oxygen atoms in total. The van der Waals surface area contributed by atoms with Crippen LogP contribution < -0.4 is 10.1 Å². The van der Waals surface area contributed by atoms with Crippen molar-refractivity contribution in [2.45, 2.75) is 6.10 Å². The van der Waals surface area contributed by atoms with E-state index in [9.17, 15) is 5.11 Å². The third kappa shape index (κ3) is 3.88. The molecule has 0 amide bonds. The van der Waals surface area contributed by atoms with Gasteiger partial charge >= 0.3 is 0 Å². The molecule has 0 heterocycles. The summed E-state index contributed by atoms with van der Waals surface area (Å²) >= 11 is 9.30. The van der Waals surface area contributed by atoms with Crippen LogP contribution in [0, 0.1) is 0 Å². The Morgan fingerprint density at radius 3 is 2.80 bits per heavy atom. The molecule has 0 saturated heterocycles. The first-order valence-corrected chi connectivity index (χ1v) is 7.28. The number of ether oxygens (including phenoxy) is 1. The zero-order valence-corrected chi connectivity index (χ0v) is 13.3. The van der Waals surface area contributed by atoms with E-state index in [2.05, 4.69) is 21.2 Å². The second kappa shape index (κ2) is 6.97. The lowest BCUT2D eigenvalue weighted by Gasteiger charge is -2.14. The van der Waals surface area contributed by atoms with Crippen LogP contribution in [-0.2, 0) is 0 Å². The van der Waals surface area contributed by atoms with Crippen LogP contribution >= 0.6 is 27.5 Å². The molecule has 0 aromatic heterocycles. The molecule has 1 atom stereocenters. The molecule has 0 saturated carbocycles. The number of benzene rings is 2. The molecular weight excluding hydrogens is 342 g/mol. The quantitative estimate of drug-likeness (QED) is 0.841. The zero-order chi connectivity index (χ0) is 14.5. The lowest BCUT2D eigenvalue weighted by atomic mass is 10.1. The number of methoxy groups -OCH3 is 1. The fraction of sp³-hybridized carbons (Fsp3) is 0.200. The fourth-order valence-electron chi connectivity index (χ4n) is 1.79. The van der Waals surface area contributed by atoms with E-state index < -0.39 is 6.10 Å². The molecular formula is C15H15BrClNO2. The minimum atomic E-state index is -0.612. The molecule has 0 fully saturated rings. The van der Waals surface area contributed by atoms with E-state index in [0.29, 0.717) is 11.6 Å². The Balaban J connectivity index is 2.00. The Hall–Kier alpha value is -1.23. The molecule has 0 aliphatic heterocycles. The van der Waals surface area contributed by atoms with Crippen LogP contribution in [0.1, 0.15) is 11.7 Å². The first-order valence-electron chi connectivity index (χ1n) is 6.11. The second-order valence-electron chi connectivity index (χ2n) is 4.30. The molecule has 2 aromatic carbocycles. The Morgan fingerprint density at radius 2 is 2.10 bits per heavy atom. The van der Waals surface area contributed by atoms with Crippen molar-refractivity contribution in [3.8, 4) is 5.75 Å². The van der Waals surface area contributed by atoms with Crippen LogP contribution in [0.3, 0.4) is 0 Å². The first-order chi connectivity index (χ1) is 9.60. The molecule has 2 N–H and O–H groups in total. The van der Waals surface area contributed by atoms with E-state index >= 15 is 0 Å². The highest BCUT2D eigenvalue weighted by atomic mass is 79.9. The van der Waals surface area contributed by atoms with Gasteiger partial charge in [-0.15, -0.1) is 0 Å². The Labute approximate surface area is 131 Å². The van der Waals surface area contributed by atoms with E-state index in [1.807, 2.05) is 36.4 Å². The number of hydrogen-bond donors (Lipinski definition) is 2. The van der Waals surface area contributed by atoms with E-state index in [0.717, 1.165) is 21.5 Å². The minimum absolute atomic E-state index is 0.404. The summed E-state index contributed by atoms with van der Waals surface area (Å²) < 4.78 is 5.96. The molecule has 20 heavy (non-hydrogen) atoms. The second-order valence-corrected chi connectivity index (χ2v) is 5.56. The summed E-state index contributed by atoms with van der Waals surface area (Å²) in [6.07, 6.45) is -0.612. The number of halogens is 2. The smallest absolute Gasteiger partial charge is 0.119 e. The number of nitrogens with one attached hydrogen (secondary N) is 1. The number of aliphatic hydroxyl groups is 1. The van der Waals surface area contributed by atoms with Crippen LogP contribution in [0.4, 0.5) is 5.69 Å². The van der Waals surface area contributed by atoms with Crippen molar-refractivity contribution in [1.82, 2.24) is 0 Å². The topological polar surface area (TPSA) is 41.5 Å². The van der Waals surface area contributed by atoms with E-state index in [4.69, 9.17) is 16.3 Å². The summed E-state index contributed by atoms with van der Waals surface area (Å²) in [5.41, 5.74) is 1.70. The zero-order valence-electron chi connectivity index (χ0n) is 10.9. The molecule has 106 valence electrons. The fourth-order valence-corrected chi connectivity index (χ4v) is 2.28. The van der Waals surface area contributed by atoms with Gasteiger partial charge in [-0.25, -0.2) is 0 Å². The standard InChI is InChI=1S/C15H15BrClNO2/c1-20-12-4-2-3-10(7-12)15(19)9-18-11-5-6-14(17)13(16)8-11/h2-8,15,18-19H,9H2,1H3. The van der Waals surface area contributed by atoms with Crippen molar-refractivity contribution in [1.29, 1.82) is 0 Å². The van der Waals surface area contributed by atoms with Gasteiger partial charge in [-0.1, -0.05) is 23.7 Å². The minimum Gasteiger partial charge on any atom is -0.497 e. The van der Waals surface area contributed by atoms with E-state index in [-0.39, 0.29) is 0 Å². The monoisotopic (exact) mass is 355 g/mol. The number of aliphatic hydroxyl groups excluding tert-OH is 1. The maximum Gasteiger partial charge on any atom is 0.119 e. The molecule has 0 aliphatic carbocycles. The van der Waals surface area contributed by atoms with Crippen LogP contribution in [0.2, 0.25) is 5.02 Å². The summed E-state index contributed by atoms with van der Waals surface area (Å²) in [5, 5.41) is 14.0. The number of hydrogen-bond acceptors (Lipinski definition) is 3. The summed E-state index contributed by atoms with van der Waals surface area (Å²) in [4.78, 5) is 0. The molecule has 0 bridgehead atoms. The predicted molar refractivity (Wildman–Crippen MR) is 85.6 cm³/mol. The Kier molecular flexibility index (Phi) is 5.29. The van der Waals surface area contributed by atoms with Gasteiger partial charge in [0.15, 0.2) is 0 Å². The number of anilines is 1. The third-order valence-electron chi connectivity index (χ3n) is 2.90. The summed E-state index contributed by atoms with van der Waals surface area (Å²) in [7, 11) is 1.61. The van der Waals surface area contributed by atoms with E-state index in [1.165, 1.54) is 0 Å². The van der Waals surface area contributed by atoms with Gasteiger partial charge in [-0.2, -0.15) is 0 Å². The van der Waals surface area contributed by atoms with E-state index in [1.54, 1.807) is 13.2 Å². The van der Waals surface area contributed by atoms with Crippen molar-refractivity contribution in [3.05, 3.63) is 57.5 Å². The van der Waals surface area contributed by atoms with Gasteiger partial charge in [0.25, 0.3) is 0 Å². The van der Waals surface area contributed by atoms with Crippen LogP contribution in [0.5, 0.6) is 5.75 Å². The number of rotatable bonds is 5. The maximum atomic E-state index is 10.2. The highest BCUT2D eigenvalue weighted by Gasteiger charge is 2.08. The molecule has 2 aromatic rings. The SMILES string of the molecule is COc1cccc(C(O)CNc2ccc(Cl)c(Br)c2)c1. The summed E-state index contributed by atoms with van der Waals surface area (Å²) in [6.45, 7) is 0.404. The summed E-state index contributed by atoms with van der Waals surface area (Å²) in [5.74, 6) is 0.732. The normalized spacial score (nSPS) is 12.0. The van der Waals surface area contributed by atoms with Gasteiger partial charge in [0, 0.05) is 16.7 Å². The molecule has 2 rings (SSSR count). The average molecular weight is 357 g/mol. The van der Waals surface area contributed by atoms with Crippen molar-refractivity contribution < 1.29 is 9.84 Å². The van der Waals surface area contributed by atoms with Gasteiger partial charge < -0.3 is 15.2 Å². The Morgan fingerprint density at radius 1 is 1.30 bits per heavy atom. The van der Waals surface area contributed by atoms with Crippen molar-refractivity contribution in [2.24, 2.45) is 0 Å². The van der Waals surface area contributed by atoms with Gasteiger partial charge in [0.05, 0.1) is 18.2 Å². The van der Waals surface area contributed by atoms with Gasteiger partial charge in [0.2, 0.25) is 0 Å². The average Bonchev–Trinajstić information content (AvgIpc) is 2.48. The lowest BCUT2D eigenvalue weighted by molar-refractivity contribution is 0.191. The van der Waals surface area contributed by atoms with Crippen LogP contribution in [0.25, 0.3) is 0 Å². The van der Waals surface area contributed by atoms with Crippen LogP contribution in [0.15, 0.2) is 46.9 Å². The summed E-state index contributed by atoms with van der Waals surface area (Å²) in [6, 6.07) is 12.9. The predicted octanol–water partition coefficient (Wildman–Crippen LogP) is 4.26. The molecule has 0 radical (unpaired) electrons. The first kappa shape index (κ1) is 15.2. The van der Waals surface area contributed by atoms with Gasteiger partial charge in [0.1, 0.15) is 5.75 Å². The maximum absolute atomic E-state index is 10.2. The Bertz CT molecular complexity index is 592. The largest absolute Gasteiger partial charge is 0.497 e. The highest BCUT2D eigenvalue weighted by Crippen LogP contribution is 2.26. The molecule has 0 spiro atoms. The van der Waals surface area contributed by atoms with Crippen molar-refractivity contribution in [2.75, 3.05) is 19.0 Å². The van der Waals surface area contributed by atoms with Gasteiger partial charge in [-0.3, -0.25) is 0 Å². The van der Waals surface area contributed by atoms with Crippen molar-refractivity contribution in [3.63, 3.8) is 0 Å². The van der Waals surface area contributed by atoms with Crippen LogP contribution in [-0.4, -0.2) is 18.8 Å².